The molecular formula is C88H172O17P2. The van der Waals surface area contributed by atoms with E-state index in [9.17, 15) is 43.2 Å². The maximum Gasteiger partial charge on any atom is 0.472 e. The Balaban J connectivity index is 5.22. The highest BCUT2D eigenvalue weighted by molar-refractivity contribution is 7.47. The third-order valence-corrected chi connectivity index (χ3v) is 22.8. The molecule has 0 aromatic rings. The smallest absolute Gasteiger partial charge is 0.462 e. The van der Waals surface area contributed by atoms with Gasteiger partial charge in [0.2, 0.25) is 0 Å². The van der Waals surface area contributed by atoms with Crippen molar-refractivity contribution in [1.82, 2.24) is 0 Å². The van der Waals surface area contributed by atoms with Crippen LogP contribution in [0.3, 0.4) is 0 Å². The zero-order valence-corrected chi connectivity index (χ0v) is 72.6. The zero-order chi connectivity index (χ0) is 78.8. The standard InChI is InChI=1S/C88H172O17P2/c1-9-81(8)67-59-51-43-34-27-23-19-15-11-13-17-21-25-29-36-46-54-62-70-87(92)104-83(74-98-85(90)68-60-52-44-35-28-24-20-16-12-10-14-18-22-26-32-40-48-56-64-78(2)3)76-102-106(94,95)100-72-82(89)73-101-107(96,97)103-77-84(75-99-86(91)69-61-53-45-39-38-42-50-58-66-80(6)7)105-88(93)71-63-55-47-37-31-30-33-41-49-57-65-79(4)5/h78-84,89H,9-77H2,1-8H3,(H,94,95)(H,96,97)/t81?,82?,83-,84-/m1/s1. The fraction of sp³-hybridized carbons (Fsp3) is 0.955. The summed E-state index contributed by atoms with van der Waals surface area (Å²) in [5.74, 6) is 1.07. The first kappa shape index (κ1) is 105. The molecule has 17 nitrogen and oxygen atoms in total. The molecule has 19 heteroatoms. The van der Waals surface area contributed by atoms with Crippen molar-refractivity contribution in [2.75, 3.05) is 39.6 Å². The molecule has 0 saturated heterocycles. The molecule has 0 aromatic heterocycles. The van der Waals surface area contributed by atoms with Gasteiger partial charge in [-0.3, -0.25) is 37.3 Å². The number of aliphatic hydroxyl groups excluding tert-OH is 1. The topological polar surface area (TPSA) is 237 Å². The highest BCUT2D eigenvalue weighted by atomic mass is 31.2. The summed E-state index contributed by atoms with van der Waals surface area (Å²) in [4.78, 5) is 73.2. The first-order chi connectivity index (χ1) is 51.6. The van der Waals surface area contributed by atoms with Crippen molar-refractivity contribution in [3.63, 3.8) is 0 Å². The van der Waals surface area contributed by atoms with Gasteiger partial charge in [-0.25, -0.2) is 9.13 Å². The van der Waals surface area contributed by atoms with Gasteiger partial charge in [0.15, 0.2) is 12.2 Å². The molecule has 0 fully saturated rings. The summed E-state index contributed by atoms with van der Waals surface area (Å²) in [7, 11) is -9.93. The lowest BCUT2D eigenvalue weighted by atomic mass is 9.99. The van der Waals surface area contributed by atoms with E-state index < -0.39 is 97.5 Å². The van der Waals surface area contributed by atoms with Crippen molar-refractivity contribution < 1.29 is 80.2 Å². The Morgan fingerprint density at radius 1 is 0.262 bits per heavy atom. The fourth-order valence-electron chi connectivity index (χ4n) is 13.6. The lowest BCUT2D eigenvalue weighted by Gasteiger charge is -2.21. The summed E-state index contributed by atoms with van der Waals surface area (Å²) in [6.45, 7) is 14.3. The van der Waals surface area contributed by atoms with Crippen LogP contribution in [0.15, 0.2) is 0 Å². The molecule has 0 aliphatic carbocycles. The van der Waals surface area contributed by atoms with E-state index in [0.717, 1.165) is 114 Å². The van der Waals surface area contributed by atoms with Gasteiger partial charge in [-0.05, 0) is 49.4 Å². The van der Waals surface area contributed by atoms with E-state index >= 15 is 0 Å². The van der Waals surface area contributed by atoms with Crippen LogP contribution in [0.1, 0.15) is 460 Å². The molecule has 6 atom stereocenters. The molecule has 0 aliphatic rings. The minimum absolute atomic E-state index is 0.105. The molecule has 0 bridgehead atoms. The molecule has 0 radical (unpaired) electrons. The van der Waals surface area contributed by atoms with Gasteiger partial charge in [-0.2, -0.15) is 0 Å². The number of phosphoric ester groups is 2. The minimum Gasteiger partial charge on any atom is -0.462 e. The maximum absolute atomic E-state index is 13.2. The second-order valence-corrected chi connectivity index (χ2v) is 36.2. The van der Waals surface area contributed by atoms with Crippen molar-refractivity contribution in [3.8, 4) is 0 Å². The third kappa shape index (κ3) is 80.5. The van der Waals surface area contributed by atoms with E-state index in [2.05, 4.69) is 55.4 Å². The molecule has 0 aromatic carbocycles. The predicted octanol–water partition coefficient (Wildman–Crippen LogP) is 26.7. The van der Waals surface area contributed by atoms with E-state index in [0.29, 0.717) is 25.7 Å². The molecule has 0 aliphatic heterocycles. The second-order valence-electron chi connectivity index (χ2n) is 33.3. The fourth-order valence-corrected chi connectivity index (χ4v) is 15.2. The first-order valence-corrected chi connectivity index (χ1v) is 48.2. The van der Waals surface area contributed by atoms with Gasteiger partial charge in [0.1, 0.15) is 19.3 Å². The molecule has 3 N–H and O–H groups in total. The number of aliphatic hydroxyl groups is 1. The molecule has 4 unspecified atom stereocenters. The van der Waals surface area contributed by atoms with Crippen LogP contribution >= 0.6 is 15.6 Å². The third-order valence-electron chi connectivity index (χ3n) is 20.9. The van der Waals surface area contributed by atoms with Crippen LogP contribution in [0.4, 0.5) is 0 Å². The van der Waals surface area contributed by atoms with Crippen molar-refractivity contribution in [2.24, 2.45) is 23.7 Å². The van der Waals surface area contributed by atoms with Crippen LogP contribution in [-0.2, 0) is 65.4 Å². The first-order valence-electron chi connectivity index (χ1n) is 45.2. The lowest BCUT2D eigenvalue weighted by Crippen LogP contribution is -2.30. The van der Waals surface area contributed by atoms with Crippen LogP contribution in [0.2, 0.25) is 0 Å². The molecule has 107 heavy (non-hydrogen) atoms. The molecular weight excluding hydrogens is 1390 g/mol. The van der Waals surface area contributed by atoms with E-state index in [-0.39, 0.29) is 25.7 Å². The van der Waals surface area contributed by atoms with E-state index in [1.54, 1.807) is 0 Å². The Kier molecular flexibility index (Phi) is 75.3. The molecule has 0 spiro atoms. The van der Waals surface area contributed by atoms with Crippen molar-refractivity contribution in [1.29, 1.82) is 0 Å². The Labute approximate surface area is 658 Å². The average molecular weight is 1560 g/mol. The maximum atomic E-state index is 13.2. The summed E-state index contributed by atoms with van der Waals surface area (Å²) < 4.78 is 68.9. The highest BCUT2D eigenvalue weighted by Crippen LogP contribution is 2.45. The van der Waals surface area contributed by atoms with Crippen molar-refractivity contribution in [2.45, 2.75) is 478 Å². The Bertz CT molecular complexity index is 2080. The van der Waals surface area contributed by atoms with E-state index in [4.69, 9.17) is 37.0 Å². The van der Waals surface area contributed by atoms with Crippen LogP contribution < -0.4 is 0 Å². The van der Waals surface area contributed by atoms with Gasteiger partial charge in [-0.15, -0.1) is 0 Å². The Hall–Kier alpha value is -1.94. The number of esters is 4. The van der Waals surface area contributed by atoms with E-state index in [1.807, 2.05) is 0 Å². The van der Waals surface area contributed by atoms with Crippen LogP contribution in [0, 0.1) is 23.7 Å². The van der Waals surface area contributed by atoms with Crippen molar-refractivity contribution >= 4 is 39.5 Å². The second kappa shape index (κ2) is 76.7. The Morgan fingerprint density at radius 3 is 0.664 bits per heavy atom. The van der Waals surface area contributed by atoms with Gasteiger partial charge in [0.05, 0.1) is 26.4 Å². The van der Waals surface area contributed by atoms with Gasteiger partial charge in [0, 0.05) is 25.7 Å². The summed E-state index contributed by atoms with van der Waals surface area (Å²) in [6, 6.07) is 0. The molecule has 0 saturated carbocycles. The minimum atomic E-state index is -4.97. The molecule has 0 rings (SSSR count). The summed E-state index contributed by atoms with van der Waals surface area (Å²) in [5.41, 5.74) is 0. The number of unbranched alkanes of at least 4 members (excludes halogenated alkanes) is 50. The predicted molar refractivity (Wildman–Crippen MR) is 441 cm³/mol. The number of phosphoric acid groups is 2. The molecule has 636 valence electrons. The van der Waals surface area contributed by atoms with Gasteiger partial charge in [-0.1, -0.05) is 409 Å². The number of carbonyl (C=O) groups excluding carboxylic acids is 4. The molecule has 0 amide bonds. The summed E-state index contributed by atoms with van der Waals surface area (Å²) >= 11 is 0. The average Bonchev–Trinajstić information content (AvgIpc) is 0.901. The number of carbonyl (C=O) groups is 4. The quantitative estimate of drug-likeness (QED) is 0.0222. The highest BCUT2D eigenvalue weighted by Gasteiger charge is 2.31. The van der Waals surface area contributed by atoms with Gasteiger partial charge < -0.3 is 33.8 Å². The van der Waals surface area contributed by atoms with Crippen molar-refractivity contribution in [3.05, 3.63) is 0 Å². The normalized spacial score (nSPS) is 14.1. The lowest BCUT2D eigenvalue weighted by molar-refractivity contribution is -0.161. The largest absolute Gasteiger partial charge is 0.472 e. The number of hydrogen-bond donors (Lipinski definition) is 3. The SMILES string of the molecule is CCC(C)CCCCCCCCCCCCCCCCCCCCC(=O)O[C@H](COC(=O)CCCCCCCCCCCCCCCCCCCCC(C)C)COP(=O)(O)OCC(O)COP(=O)(O)OC[C@@H](COC(=O)CCCCCCCCCCC(C)C)OC(=O)CCCCCCCCCCCCC(C)C. The molecule has 0 heterocycles. The van der Waals surface area contributed by atoms with Crippen LogP contribution in [0.5, 0.6) is 0 Å². The van der Waals surface area contributed by atoms with Gasteiger partial charge >= 0.3 is 39.5 Å². The van der Waals surface area contributed by atoms with Crippen LogP contribution in [0.25, 0.3) is 0 Å². The van der Waals surface area contributed by atoms with Gasteiger partial charge in [0.25, 0.3) is 0 Å². The number of ether oxygens (including phenoxy) is 4. The van der Waals surface area contributed by atoms with Crippen LogP contribution in [-0.4, -0.2) is 96.7 Å². The van der Waals surface area contributed by atoms with E-state index in [1.165, 1.54) is 263 Å². The Morgan fingerprint density at radius 2 is 0.449 bits per heavy atom. The number of rotatable bonds is 85. The number of hydrogen-bond acceptors (Lipinski definition) is 15. The monoisotopic (exact) mass is 1560 g/mol. The summed E-state index contributed by atoms with van der Waals surface area (Å²) in [6.07, 6.45) is 66.8. The summed E-state index contributed by atoms with van der Waals surface area (Å²) in [5, 5.41) is 10.7. The zero-order valence-electron chi connectivity index (χ0n) is 70.8.